The summed E-state index contributed by atoms with van der Waals surface area (Å²) >= 11 is 0. The number of nitrogens with two attached hydrogens (primary N) is 1. The summed E-state index contributed by atoms with van der Waals surface area (Å²) in [6, 6.07) is 3.01. The number of benzene rings is 2. The zero-order valence-electron chi connectivity index (χ0n) is 15.8. The Bertz CT molecular complexity index is 853. The van der Waals surface area contributed by atoms with Gasteiger partial charge < -0.3 is 25.8 Å². The Morgan fingerprint density at radius 3 is 1.29 bits per heavy atom. The second kappa shape index (κ2) is 10.6. The van der Waals surface area contributed by atoms with Gasteiger partial charge in [-0.3, -0.25) is 0 Å². The Morgan fingerprint density at radius 1 is 0.774 bits per heavy atom. The number of alkyl halides is 6. The molecular weight excluding hydrogens is 454 g/mol. The summed E-state index contributed by atoms with van der Waals surface area (Å²) in [5, 5.41) is 36.5. The molecule has 2 rings (SSSR count). The van der Waals surface area contributed by atoms with E-state index in [4.69, 9.17) is 25.8 Å². The van der Waals surface area contributed by atoms with Gasteiger partial charge >= 0.3 is 26.6 Å². The monoisotopic (exact) mass is 471 g/mol. The maximum absolute atomic E-state index is 13.0. The second-order valence-electron chi connectivity index (χ2n) is 6.00. The number of hydrogen-bond donors (Lipinski definition) is 5. The minimum absolute atomic E-state index is 0.386. The Kier molecular flexibility index (Phi) is 9.29. The Balaban J connectivity index is 0.00000151. The first-order chi connectivity index (χ1) is 14.1. The molecule has 0 amide bonds. The van der Waals surface area contributed by atoms with E-state index in [2.05, 4.69) is 0 Å². The van der Waals surface area contributed by atoms with Gasteiger partial charge in [0, 0.05) is 9.79 Å². The van der Waals surface area contributed by atoms with Gasteiger partial charge in [0.05, 0.1) is 21.9 Å². The molecule has 0 aliphatic rings. The fraction of sp³-hybridized carbons (Fsp3) is 0.250. The molecule has 2 aromatic rings. The summed E-state index contributed by atoms with van der Waals surface area (Å²) < 4.78 is 90.5. The van der Waals surface area contributed by atoms with E-state index in [1.54, 1.807) is 0 Å². The highest BCUT2D eigenvalue weighted by Gasteiger charge is 2.35. The van der Waals surface area contributed by atoms with E-state index in [0.717, 1.165) is 18.7 Å². The summed E-state index contributed by atoms with van der Waals surface area (Å²) in [7, 11) is -7.34. The molecule has 0 bridgehead atoms. The average molecular weight is 471 g/mol. The summed E-state index contributed by atoms with van der Waals surface area (Å²) in [6.45, 7) is 2.65. The van der Waals surface area contributed by atoms with Gasteiger partial charge in [0.2, 0.25) is 0 Å². The van der Waals surface area contributed by atoms with Crippen molar-refractivity contribution in [3.05, 3.63) is 47.5 Å². The van der Waals surface area contributed by atoms with E-state index in [-0.39, 0.29) is 0 Å². The zero-order chi connectivity index (χ0) is 24.1. The SMILES string of the molecule is CCN.O=S(c1cc(B(O)O)cc(C(F)(F)F)c1)c1cc(B(O)O)cc(C(F)(F)F)c1. The van der Waals surface area contributed by atoms with Crippen molar-refractivity contribution in [2.45, 2.75) is 29.1 Å². The molecule has 0 unspecified atom stereocenters. The van der Waals surface area contributed by atoms with Crippen LogP contribution >= 0.6 is 0 Å². The smallest absolute Gasteiger partial charge is 0.423 e. The molecule has 0 saturated carbocycles. The van der Waals surface area contributed by atoms with E-state index < -0.39 is 69.2 Å². The lowest BCUT2D eigenvalue weighted by molar-refractivity contribution is -0.138. The Hall–Kier alpha value is -1.90. The maximum atomic E-state index is 13.0. The first-order valence-electron chi connectivity index (χ1n) is 8.40. The molecular formula is C16H17B2F6NO5S. The number of hydrogen-bond acceptors (Lipinski definition) is 6. The summed E-state index contributed by atoms with van der Waals surface area (Å²) in [4.78, 5) is -1.31. The van der Waals surface area contributed by atoms with E-state index in [1.165, 1.54) is 0 Å². The Morgan fingerprint density at radius 2 is 1.06 bits per heavy atom. The molecule has 6 N–H and O–H groups in total. The summed E-state index contributed by atoms with van der Waals surface area (Å²) in [5.41, 5.74) is 0.715. The van der Waals surface area contributed by atoms with Gasteiger partial charge in [-0.15, -0.1) is 0 Å². The molecule has 0 fully saturated rings. The molecule has 0 saturated heterocycles. The van der Waals surface area contributed by atoms with Gasteiger partial charge in [0.25, 0.3) is 0 Å². The van der Waals surface area contributed by atoms with Crippen LogP contribution in [0, 0.1) is 0 Å². The van der Waals surface area contributed by atoms with Gasteiger partial charge in [-0.05, 0) is 41.7 Å². The summed E-state index contributed by atoms with van der Waals surface area (Å²) in [5.74, 6) is 0. The second-order valence-corrected chi connectivity index (χ2v) is 7.48. The van der Waals surface area contributed by atoms with Crippen molar-refractivity contribution >= 4 is 36.0 Å². The maximum Gasteiger partial charge on any atom is 0.488 e. The first kappa shape index (κ1) is 27.1. The lowest BCUT2D eigenvalue weighted by atomic mass is 9.79. The van der Waals surface area contributed by atoms with Gasteiger partial charge in [-0.25, -0.2) is 4.21 Å². The van der Waals surface area contributed by atoms with E-state index in [1.807, 2.05) is 6.92 Å². The summed E-state index contributed by atoms with van der Waals surface area (Å²) in [6.07, 6.45) is -9.91. The largest absolute Gasteiger partial charge is 0.488 e. The predicted octanol–water partition coefficient (Wildman–Crippen LogP) is 0.216. The van der Waals surface area contributed by atoms with Gasteiger partial charge in [0.1, 0.15) is 0 Å². The minimum atomic E-state index is -4.95. The van der Waals surface area contributed by atoms with Crippen LogP contribution < -0.4 is 16.7 Å². The fourth-order valence-electron chi connectivity index (χ4n) is 2.22. The lowest BCUT2D eigenvalue weighted by Crippen LogP contribution is -2.32. The molecule has 6 nitrogen and oxygen atoms in total. The van der Waals surface area contributed by atoms with Crippen LogP contribution in [-0.4, -0.2) is 45.1 Å². The third-order valence-electron chi connectivity index (χ3n) is 3.54. The molecule has 0 atom stereocenters. The predicted molar refractivity (Wildman–Crippen MR) is 102 cm³/mol. The van der Waals surface area contributed by atoms with E-state index in [9.17, 15) is 30.6 Å². The molecule has 0 spiro atoms. The highest BCUT2D eigenvalue weighted by Crippen LogP contribution is 2.33. The van der Waals surface area contributed by atoms with Crippen LogP contribution in [0.15, 0.2) is 46.2 Å². The van der Waals surface area contributed by atoms with Crippen LogP contribution in [0.2, 0.25) is 0 Å². The minimum Gasteiger partial charge on any atom is -0.423 e. The molecule has 2 aromatic carbocycles. The third kappa shape index (κ3) is 7.63. The molecule has 15 heteroatoms. The number of halogens is 6. The lowest BCUT2D eigenvalue weighted by Gasteiger charge is -2.14. The Labute approximate surface area is 176 Å². The molecule has 0 aliphatic carbocycles. The van der Waals surface area contributed by atoms with Crippen molar-refractivity contribution in [1.82, 2.24) is 0 Å². The van der Waals surface area contributed by atoms with Gasteiger partial charge in [0.15, 0.2) is 0 Å². The molecule has 170 valence electrons. The highest BCUT2D eigenvalue weighted by molar-refractivity contribution is 7.85. The molecule has 0 aliphatic heterocycles. The normalized spacial score (nSPS) is 11.8. The van der Waals surface area contributed by atoms with E-state index >= 15 is 0 Å². The van der Waals surface area contributed by atoms with Crippen LogP contribution in [0.3, 0.4) is 0 Å². The number of rotatable bonds is 4. The van der Waals surface area contributed by atoms with Crippen LogP contribution in [0.4, 0.5) is 26.3 Å². The van der Waals surface area contributed by atoms with E-state index in [0.29, 0.717) is 24.3 Å². The van der Waals surface area contributed by atoms with Crippen molar-refractivity contribution in [3.63, 3.8) is 0 Å². The molecule has 0 radical (unpaired) electrons. The molecule has 0 aromatic heterocycles. The van der Waals surface area contributed by atoms with Crippen LogP contribution in [0.25, 0.3) is 0 Å². The molecule has 31 heavy (non-hydrogen) atoms. The zero-order valence-corrected chi connectivity index (χ0v) is 16.6. The van der Waals surface area contributed by atoms with Crippen LogP contribution in [0.1, 0.15) is 18.1 Å². The van der Waals surface area contributed by atoms with Gasteiger partial charge in [-0.2, -0.15) is 26.3 Å². The van der Waals surface area contributed by atoms with Crippen LogP contribution in [-0.2, 0) is 23.2 Å². The quantitative estimate of drug-likeness (QED) is 0.321. The van der Waals surface area contributed by atoms with Crippen molar-refractivity contribution in [3.8, 4) is 0 Å². The van der Waals surface area contributed by atoms with Crippen molar-refractivity contribution in [2.75, 3.05) is 6.54 Å². The standard InChI is InChI=1S/C14H10B2F6O5S.C2H7N/c17-13(18,19)7-1-9(15(23)24)5-11(3-7)28(27)12-4-8(14(20,21)22)2-10(6-12)16(25)26;1-2-3/h1-6,23-26H;2-3H2,1H3. The fourth-order valence-corrected chi connectivity index (χ4v) is 3.45. The van der Waals surface area contributed by atoms with Crippen molar-refractivity contribution in [1.29, 1.82) is 0 Å². The first-order valence-corrected chi connectivity index (χ1v) is 9.55. The topological polar surface area (TPSA) is 124 Å². The highest BCUT2D eigenvalue weighted by atomic mass is 32.2. The average Bonchev–Trinajstić information content (AvgIpc) is 2.65. The van der Waals surface area contributed by atoms with Crippen LogP contribution in [0.5, 0.6) is 0 Å². The third-order valence-corrected chi connectivity index (χ3v) is 4.86. The van der Waals surface area contributed by atoms with Gasteiger partial charge in [-0.1, -0.05) is 19.1 Å². The van der Waals surface area contributed by atoms with Crippen molar-refractivity contribution in [2.24, 2.45) is 5.73 Å². The molecule has 0 heterocycles. The van der Waals surface area contributed by atoms with Crippen molar-refractivity contribution < 1.29 is 50.6 Å².